The molecular formula is C26H31FN4O4. The number of ether oxygens (including phenoxy) is 3. The fraction of sp³-hybridized carbons (Fsp3) is 0.423. The summed E-state index contributed by atoms with van der Waals surface area (Å²) in [6.45, 7) is 6.25. The van der Waals surface area contributed by atoms with Crippen molar-refractivity contribution in [2.45, 2.75) is 32.7 Å². The Hall–Kier alpha value is -3.80. The molecule has 1 aliphatic heterocycles. The summed E-state index contributed by atoms with van der Waals surface area (Å²) in [5.41, 5.74) is 2.20. The molecule has 2 aromatic carbocycles. The standard InChI is InChI=1S/C26H31FN4O4/c1-26(2,3)17-10-15(11-18(23(17)34-6)30(4)9-8-28)19(32)14-31-13-16-12-20(33-5)24(35-7)22(27)21(16)25(31)29/h10-12,29H,9,13-14H2,1-7H3. The number of nitrogens with one attached hydrogen (secondary N) is 1. The number of benzene rings is 2. The van der Waals surface area contributed by atoms with E-state index in [1.165, 1.54) is 19.1 Å². The number of Topliss-reactive ketones (excluding diaryl/α,β-unsaturated/α-hetero) is 1. The van der Waals surface area contributed by atoms with Crippen molar-refractivity contribution >= 4 is 17.3 Å². The van der Waals surface area contributed by atoms with Gasteiger partial charge in [0.15, 0.2) is 23.1 Å². The SMILES string of the molecule is COc1cc2c(c(F)c1OC)C(=N)N(CC(=O)c1cc(N(C)CC#N)c(OC)c(C(C)(C)C)c1)C2. The molecule has 0 saturated carbocycles. The van der Waals surface area contributed by atoms with Crippen molar-refractivity contribution in [3.05, 3.63) is 46.3 Å². The Kier molecular flexibility index (Phi) is 7.25. The van der Waals surface area contributed by atoms with Crippen LogP contribution in [0.15, 0.2) is 18.2 Å². The summed E-state index contributed by atoms with van der Waals surface area (Å²) in [4.78, 5) is 16.7. The highest BCUT2D eigenvalue weighted by Gasteiger charge is 2.33. The van der Waals surface area contributed by atoms with E-state index in [0.717, 1.165) is 5.56 Å². The number of amidine groups is 1. The Morgan fingerprint density at radius 3 is 2.37 bits per heavy atom. The lowest BCUT2D eigenvalue weighted by Crippen LogP contribution is -2.31. The maximum atomic E-state index is 15.1. The number of nitrogens with zero attached hydrogens (tertiary/aromatic N) is 3. The molecule has 1 aliphatic rings. The van der Waals surface area contributed by atoms with E-state index >= 15 is 4.39 Å². The van der Waals surface area contributed by atoms with Crippen LogP contribution in [0.1, 0.15) is 47.8 Å². The molecule has 3 rings (SSSR count). The van der Waals surface area contributed by atoms with Crippen LogP contribution in [0.25, 0.3) is 0 Å². The van der Waals surface area contributed by atoms with Crippen LogP contribution in [-0.4, -0.2) is 58.0 Å². The predicted octanol–water partition coefficient (Wildman–Crippen LogP) is 4.13. The smallest absolute Gasteiger partial charge is 0.197 e. The molecule has 0 aromatic heterocycles. The van der Waals surface area contributed by atoms with Gasteiger partial charge in [-0.1, -0.05) is 20.8 Å². The van der Waals surface area contributed by atoms with E-state index in [0.29, 0.717) is 22.6 Å². The normalized spacial score (nSPS) is 12.8. The highest BCUT2D eigenvalue weighted by molar-refractivity contribution is 6.06. The largest absolute Gasteiger partial charge is 0.494 e. The van der Waals surface area contributed by atoms with Gasteiger partial charge in [-0.25, -0.2) is 4.39 Å². The lowest BCUT2D eigenvalue weighted by atomic mass is 9.84. The van der Waals surface area contributed by atoms with Gasteiger partial charge in [0.2, 0.25) is 0 Å². The second-order valence-corrected chi connectivity index (χ2v) is 9.43. The van der Waals surface area contributed by atoms with Crippen LogP contribution in [0.2, 0.25) is 0 Å². The molecule has 1 heterocycles. The van der Waals surface area contributed by atoms with Crippen LogP contribution >= 0.6 is 0 Å². The van der Waals surface area contributed by atoms with E-state index in [1.807, 2.05) is 20.8 Å². The number of anilines is 1. The maximum absolute atomic E-state index is 15.1. The van der Waals surface area contributed by atoms with Crippen molar-refractivity contribution in [2.24, 2.45) is 0 Å². The molecule has 186 valence electrons. The number of ketones is 1. The van der Waals surface area contributed by atoms with Gasteiger partial charge < -0.3 is 24.0 Å². The number of nitriles is 1. The van der Waals surface area contributed by atoms with E-state index in [9.17, 15) is 10.1 Å². The Bertz CT molecular complexity index is 1210. The fourth-order valence-corrected chi connectivity index (χ4v) is 4.24. The number of halogens is 1. The minimum absolute atomic E-state index is 0.0701. The lowest BCUT2D eigenvalue weighted by Gasteiger charge is -2.28. The molecule has 0 aliphatic carbocycles. The summed E-state index contributed by atoms with van der Waals surface area (Å²) in [5, 5.41) is 17.7. The van der Waals surface area contributed by atoms with Gasteiger partial charge in [0, 0.05) is 24.7 Å². The van der Waals surface area contributed by atoms with Crippen LogP contribution in [-0.2, 0) is 12.0 Å². The number of fused-ring (bicyclic) bond motifs is 1. The minimum Gasteiger partial charge on any atom is -0.494 e. The van der Waals surface area contributed by atoms with Crippen LogP contribution in [0.5, 0.6) is 17.2 Å². The predicted molar refractivity (Wildman–Crippen MR) is 132 cm³/mol. The van der Waals surface area contributed by atoms with E-state index in [2.05, 4.69) is 6.07 Å². The average molecular weight is 483 g/mol. The third-order valence-corrected chi connectivity index (χ3v) is 6.06. The zero-order chi connectivity index (χ0) is 26.1. The number of carbonyl (C=O) groups is 1. The van der Waals surface area contributed by atoms with Gasteiger partial charge in [0.25, 0.3) is 0 Å². The van der Waals surface area contributed by atoms with Gasteiger partial charge in [-0.15, -0.1) is 0 Å². The Labute approximate surface area is 205 Å². The zero-order valence-electron chi connectivity index (χ0n) is 21.2. The lowest BCUT2D eigenvalue weighted by molar-refractivity contribution is 0.0962. The number of carbonyl (C=O) groups excluding carboxylic acids is 1. The molecule has 35 heavy (non-hydrogen) atoms. The first-order valence-electron chi connectivity index (χ1n) is 11.1. The van der Waals surface area contributed by atoms with Crippen molar-refractivity contribution < 1.29 is 23.4 Å². The van der Waals surface area contributed by atoms with E-state index in [1.54, 1.807) is 37.3 Å². The molecular weight excluding hydrogens is 451 g/mol. The summed E-state index contributed by atoms with van der Waals surface area (Å²) in [6, 6.07) is 7.25. The maximum Gasteiger partial charge on any atom is 0.197 e. The first-order valence-corrected chi connectivity index (χ1v) is 11.1. The highest BCUT2D eigenvalue weighted by Crippen LogP contribution is 2.41. The van der Waals surface area contributed by atoms with Gasteiger partial charge in [-0.2, -0.15) is 5.26 Å². The zero-order valence-corrected chi connectivity index (χ0v) is 21.2. The Morgan fingerprint density at radius 1 is 1.17 bits per heavy atom. The molecule has 9 heteroatoms. The van der Waals surface area contributed by atoms with Gasteiger partial charge in [0.1, 0.15) is 18.1 Å². The third kappa shape index (κ3) is 4.74. The van der Waals surface area contributed by atoms with E-state index in [-0.39, 0.29) is 53.7 Å². The molecule has 0 spiro atoms. The van der Waals surface area contributed by atoms with Crippen LogP contribution < -0.4 is 19.1 Å². The molecule has 0 radical (unpaired) electrons. The van der Waals surface area contributed by atoms with E-state index < -0.39 is 5.82 Å². The molecule has 2 aromatic rings. The van der Waals surface area contributed by atoms with Crippen LogP contribution in [0.4, 0.5) is 10.1 Å². The van der Waals surface area contributed by atoms with Gasteiger partial charge in [-0.3, -0.25) is 10.2 Å². The number of hydrogen-bond acceptors (Lipinski definition) is 7. The molecule has 0 bridgehead atoms. The molecule has 0 unspecified atom stereocenters. The first-order chi connectivity index (χ1) is 16.5. The molecule has 0 atom stereocenters. The highest BCUT2D eigenvalue weighted by atomic mass is 19.1. The second-order valence-electron chi connectivity index (χ2n) is 9.43. The topological polar surface area (TPSA) is 98.9 Å². The number of hydrogen-bond donors (Lipinski definition) is 1. The Morgan fingerprint density at radius 2 is 1.83 bits per heavy atom. The number of rotatable bonds is 8. The van der Waals surface area contributed by atoms with Crippen LogP contribution in [0.3, 0.4) is 0 Å². The van der Waals surface area contributed by atoms with Gasteiger partial charge >= 0.3 is 0 Å². The van der Waals surface area contributed by atoms with Gasteiger partial charge in [0.05, 0.1) is 45.2 Å². The van der Waals surface area contributed by atoms with Crippen molar-refractivity contribution in [1.29, 1.82) is 10.7 Å². The first kappa shape index (κ1) is 25.8. The third-order valence-electron chi connectivity index (χ3n) is 6.06. The van der Waals surface area contributed by atoms with Gasteiger partial charge in [-0.05, 0) is 29.2 Å². The molecule has 0 fully saturated rings. The quantitative estimate of drug-likeness (QED) is 0.446. The second kappa shape index (κ2) is 9.82. The summed E-state index contributed by atoms with van der Waals surface area (Å²) in [6.07, 6.45) is 0. The summed E-state index contributed by atoms with van der Waals surface area (Å²) in [7, 11) is 6.08. The van der Waals surface area contributed by atoms with Crippen molar-refractivity contribution in [1.82, 2.24) is 4.90 Å². The molecule has 8 nitrogen and oxygen atoms in total. The fourth-order valence-electron chi connectivity index (χ4n) is 4.24. The van der Waals surface area contributed by atoms with Crippen molar-refractivity contribution in [3.63, 3.8) is 0 Å². The molecule has 0 saturated heterocycles. The molecule has 1 N–H and O–H groups in total. The van der Waals surface area contributed by atoms with Crippen molar-refractivity contribution in [2.75, 3.05) is 46.4 Å². The van der Waals surface area contributed by atoms with Crippen molar-refractivity contribution in [3.8, 4) is 23.3 Å². The summed E-state index contributed by atoms with van der Waals surface area (Å²) >= 11 is 0. The van der Waals surface area contributed by atoms with Crippen LogP contribution in [0, 0.1) is 22.6 Å². The summed E-state index contributed by atoms with van der Waals surface area (Å²) in [5.74, 6) is -0.227. The minimum atomic E-state index is -0.679. The number of methoxy groups -OCH3 is 3. The summed E-state index contributed by atoms with van der Waals surface area (Å²) < 4.78 is 31.1. The Balaban J connectivity index is 1.99. The molecule has 0 amide bonds. The monoisotopic (exact) mass is 482 g/mol. The van der Waals surface area contributed by atoms with E-state index in [4.69, 9.17) is 19.6 Å². The average Bonchev–Trinajstić information content (AvgIpc) is 3.12.